The minimum atomic E-state index is -4.52. The molecular formula is C28H38F3N3O5. The van der Waals surface area contributed by atoms with Gasteiger partial charge in [0, 0.05) is 26.3 Å². The van der Waals surface area contributed by atoms with Crippen LogP contribution in [-0.4, -0.2) is 59.4 Å². The van der Waals surface area contributed by atoms with Crippen LogP contribution in [0.25, 0.3) is 11.3 Å². The van der Waals surface area contributed by atoms with Gasteiger partial charge in [-0.25, -0.2) is 4.79 Å². The first-order valence-electron chi connectivity index (χ1n) is 13.1. The number of fused-ring (bicyclic) bond motifs is 1. The highest BCUT2D eigenvalue weighted by Gasteiger charge is 2.33. The van der Waals surface area contributed by atoms with Gasteiger partial charge in [-0.2, -0.15) is 18.3 Å². The fraction of sp³-hybridized carbons (Fsp3) is 0.607. The van der Waals surface area contributed by atoms with E-state index in [1.807, 2.05) is 27.7 Å². The van der Waals surface area contributed by atoms with Crippen LogP contribution >= 0.6 is 0 Å². The maximum atomic E-state index is 13.3. The number of aliphatic hydroxyl groups excluding tert-OH is 1. The quantitative estimate of drug-likeness (QED) is 0.364. The number of ether oxygens (including phenoxy) is 3. The first-order chi connectivity index (χ1) is 18.2. The number of carbonyl (C=O) groups is 1. The summed E-state index contributed by atoms with van der Waals surface area (Å²) in [6.45, 7) is 7.61. The van der Waals surface area contributed by atoms with E-state index in [0.717, 1.165) is 29.7 Å². The molecule has 0 bridgehead atoms. The van der Waals surface area contributed by atoms with Crippen LogP contribution in [0, 0.1) is 5.92 Å². The largest absolute Gasteiger partial charge is 0.467 e. The van der Waals surface area contributed by atoms with Crippen molar-refractivity contribution in [1.82, 2.24) is 15.1 Å². The van der Waals surface area contributed by atoms with E-state index < -0.39 is 29.5 Å². The third-order valence-corrected chi connectivity index (χ3v) is 6.64. The lowest BCUT2D eigenvalue weighted by atomic mass is 9.92. The van der Waals surface area contributed by atoms with Gasteiger partial charge in [-0.15, -0.1) is 5.10 Å². The Morgan fingerprint density at radius 3 is 2.49 bits per heavy atom. The van der Waals surface area contributed by atoms with Crippen LogP contribution in [-0.2, 0) is 28.5 Å². The van der Waals surface area contributed by atoms with Crippen molar-refractivity contribution in [2.24, 2.45) is 5.92 Å². The molecule has 0 radical (unpaired) electrons. The molecule has 0 aliphatic heterocycles. The Bertz CT molecular complexity index is 1150. The van der Waals surface area contributed by atoms with Gasteiger partial charge in [-0.3, -0.25) is 0 Å². The molecular weight excluding hydrogens is 515 g/mol. The highest BCUT2D eigenvalue weighted by molar-refractivity contribution is 5.72. The van der Waals surface area contributed by atoms with Gasteiger partial charge in [0.25, 0.3) is 0 Å². The first kappa shape index (κ1) is 30.6. The van der Waals surface area contributed by atoms with Crippen LogP contribution in [0.2, 0.25) is 0 Å². The van der Waals surface area contributed by atoms with Crippen molar-refractivity contribution >= 4 is 6.09 Å². The maximum absolute atomic E-state index is 13.3. The molecule has 39 heavy (non-hydrogen) atoms. The molecule has 0 unspecified atom stereocenters. The fourth-order valence-corrected chi connectivity index (χ4v) is 4.61. The minimum absolute atomic E-state index is 0.00542. The third kappa shape index (κ3) is 7.82. The van der Waals surface area contributed by atoms with Gasteiger partial charge in [-0.1, -0.05) is 6.92 Å². The lowest BCUT2D eigenvalue weighted by molar-refractivity contribution is -0.137. The van der Waals surface area contributed by atoms with Gasteiger partial charge in [0.05, 0.1) is 11.3 Å². The van der Waals surface area contributed by atoms with Crippen LogP contribution in [0.1, 0.15) is 75.4 Å². The Kier molecular flexibility index (Phi) is 9.82. The monoisotopic (exact) mass is 553 g/mol. The Balaban J connectivity index is 1.79. The zero-order chi connectivity index (χ0) is 29.0. The molecule has 0 fully saturated rings. The molecule has 0 saturated heterocycles. The Labute approximate surface area is 227 Å². The summed E-state index contributed by atoms with van der Waals surface area (Å²) in [7, 11) is 3.07. The number of benzene rings is 1. The zero-order valence-electron chi connectivity index (χ0n) is 23.4. The number of hydrogen-bond acceptors (Lipinski definition) is 7. The van der Waals surface area contributed by atoms with Crippen molar-refractivity contribution in [1.29, 1.82) is 0 Å². The number of hydrogen-bond donors (Lipinski definition) is 1. The number of rotatable bonds is 10. The van der Waals surface area contributed by atoms with Crippen molar-refractivity contribution in [3.8, 4) is 17.0 Å². The van der Waals surface area contributed by atoms with E-state index in [1.165, 1.54) is 18.1 Å². The Hall–Kier alpha value is -2.92. The second kappa shape index (κ2) is 12.5. The molecule has 1 N–H and O–H groups in total. The summed E-state index contributed by atoms with van der Waals surface area (Å²) < 4.78 is 55.8. The van der Waals surface area contributed by atoms with E-state index in [1.54, 1.807) is 7.05 Å². The smallest absolute Gasteiger partial charge is 0.416 e. The van der Waals surface area contributed by atoms with E-state index in [0.29, 0.717) is 49.2 Å². The van der Waals surface area contributed by atoms with Crippen molar-refractivity contribution in [2.45, 2.75) is 77.7 Å². The second-order valence-corrected chi connectivity index (χ2v) is 11.0. The Morgan fingerprint density at radius 1 is 1.15 bits per heavy atom. The molecule has 1 aromatic carbocycles. The van der Waals surface area contributed by atoms with Crippen LogP contribution in [0.3, 0.4) is 0 Å². The summed E-state index contributed by atoms with van der Waals surface area (Å²) >= 11 is 0. The van der Waals surface area contributed by atoms with Gasteiger partial charge in [0.1, 0.15) is 23.1 Å². The van der Waals surface area contributed by atoms with Crippen molar-refractivity contribution < 1.29 is 37.3 Å². The van der Waals surface area contributed by atoms with Gasteiger partial charge >= 0.3 is 12.3 Å². The zero-order valence-corrected chi connectivity index (χ0v) is 23.4. The third-order valence-electron chi connectivity index (χ3n) is 6.64. The predicted molar refractivity (Wildman–Crippen MR) is 139 cm³/mol. The standard InChI is InChI=1S/C28H38F3N3O5/c1-17(9-8-14-34(5)26(36)39-27(2,3)4)25(35)24-20-11-7-10-19(20)23(32-33-24)21-13-12-18(28(29,30)31)15-22(21)38-16-37-6/h12-13,15,17,25,35H,7-11,14,16H2,1-6H3/t17-,25+/m0/s1. The molecule has 216 valence electrons. The summed E-state index contributed by atoms with van der Waals surface area (Å²) in [6.07, 6.45) is -2.32. The van der Waals surface area contributed by atoms with Crippen LogP contribution < -0.4 is 4.74 Å². The molecule has 11 heteroatoms. The van der Waals surface area contributed by atoms with Crippen LogP contribution in [0.15, 0.2) is 18.2 Å². The normalized spacial score (nSPS) is 15.0. The number of methoxy groups -OCH3 is 1. The molecule has 2 aromatic rings. The van der Waals surface area contributed by atoms with E-state index in [9.17, 15) is 23.1 Å². The summed E-state index contributed by atoms with van der Waals surface area (Å²) in [4.78, 5) is 13.7. The number of aromatic nitrogens is 2. The van der Waals surface area contributed by atoms with E-state index >= 15 is 0 Å². The summed E-state index contributed by atoms with van der Waals surface area (Å²) in [5, 5.41) is 19.9. The number of halogens is 3. The number of nitrogens with zero attached hydrogens (tertiary/aromatic N) is 3. The van der Waals surface area contributed by atoms with E-state index in [4.69, 9.17) is 14.2 Å². The summed E-state index contributed by atoms with van der Waals surface area (Å²) in [6, 6.07) is 3.28. The molecule has 0 saturated carbocycles. The van der Waals surface area contributed by atoms with Gasteiger partial charge in [0.2, 0.25) is 0 Å². The maximum Gasteiger partial charge on any atom is 0.416 e. The molecule has 1 amide bonds. The van der Waals surface area contributed by atoms with Crippen molar-refractivity contribution in [2.75, 3.05) is 27.5 Å². The molecule has 2 atom stereocenters. The Morgan fingerprint density at radius 2 is 1.85 bits per heavy atom. The highest BCUT2D eigenvalue weighted by Crippen LogP contribution is 2.41. The predicted octanol–water partition coefficient (Wildman–Crippen LogP) is 5.95. The average molecular weight is 554 g/mol. The highest BCUT2D eigenvalue weighted by atomic mass is 19.4. The summed E-state index contributed by atoms with van der Waals surface area (Å²) in [5.74, 6) is -0.153. The lowest BCUT2D eigenvalue weighted by Gasteiger charge is -2.25. The SMILES string of the molecule is COCOc1cc(C(F)(F)F)ccc1-c1nnc([C@H](O)[C@@H](C)CCCN(C)C(=O)OC(C)(C)C)c2c1CCC2. The van der Waals surface area contributed by atoms with Crippen LogP contribution in [0.4, 0.5) is 18.0 Å². The first-order valence-corrected chi connectivity index (χ1v) is 13.1. The molecule has 0 spiro atoms. The molecule has 3 rings (SSSR count). The number of aliphatic hydroxyl groups is 1. The van der Waals surface area contributed by atoms with Gasteiger partial charge < -0.3 is 24.2 Å². The number of alkyl halides is 3. The van der Waals surface area contributed by atoms with E-state index in [2.05, 4.69) is 10.2 Å². The van der Waals surface area contributed by atoms with Crippen molar-refractivity contribution in [3.05, 3.63) is 40.6 Å². The molecule has 1 aliphatic rings. The lowest BCUT2D eigenvalue weighted by Crippen LogP contribution is -2.34. The summed E-state index contributed by atoms with van der Waals surface area (Å²) in [5.41, 5.74) is 1.66. The molecule has 1 aromatic heterocycles. The molecule has 1 heterocycles. The van der Waals surface area contributed by atoms with Crippen LogP contribution in [0.5, 0.6) is 5.75 Å². The average Bonchev–Trinajstić information content (AvgIpc) is 3.35. The number of carbonyl (C=O) groups excluding carboxylic acids is 1. The van der Waals surface area contributed by atoms with Gasteiger partial charge in [0.15, 0.2) is 6.79 Å². The number of amides is 1. The minimum Gasteiger partial charge on any atom is -0.467 e. The second-order valence-electron chi connectivity index (χ2n) is 11.0. The van der Waals surface area contributed by atoms with E-state index in [-0.39, 0.29) is 18.5 Å². The fourth-order valence-electron chi connectivity index (χ4n) is 4.61. The van der Waals surface area contributed by atoms with Gasteiger partial charge in [-0.05, 0) is 88.1 Å². The topological polar surface area (TPSA) is 94.0 Å². The molecule has 8 nitrogen and oxygen atoms in total. The molecule has 1 aliphatic carbocycles. The van der Waals surface area contributed by atoms with Crippen molar-refractivity contribution in [3.63, 3.8) is 0 Å².